The average molecular weight is 259 g/mol. The van der Waals surface area contributed by atoms with E-state index in [1.54, 1.807) is 0 Å². The summed E-state index contributed by atoms with van der Waals surface area (Å²) < 4.78 is 1.07. The fourth-order valence-corrected chi connectivity index (χ4v) is 1.33. The van der Waals surface area contributed by atoms with Gasteiger partial charge in [0.25, 0.3) is 0 Å². The summed E-state index contributed by atoms with van der Waals surface area (Å²) in [6, 6.07) is 8.06. The molecule has 0 heterocycles. The fraction of sp³-hybridized carbons (Fsp3) is 0.400. The molecule has 14 heavy (non-hydrogen) atoms. The Morgan fingerprint density at radius 3 is 2.57 bits per heavy atom. The monoisotopic (exact) mass is 258 g/mol. The molecule has 0 saturated carbocycles. The van der Waals surface area contributed by atoms with Crippen LogP contribution in [0.5, 0.6) is 0 Å². The van der Waals surface area contributed by atoms with Gasteiger partial charge in [0, 0.05) is 24.1 Å². The van der Waals surface area contributed by atoms with Crippen molar-refractivity contribution in [3.8, 4) is 0 Å². The van der Waals surface area contributed by atoms with E-state index in [0.717, 1.165) is 11.0 Å². The average Bonchev–Trinajstić information content (AvgIpc) is 2.21. The van der Waals surface area contributed by atoms with Crippen molar-refractivity contribution in [1.29, 1.82) is 0 Å². The molecule has 1 aromatic rings. The number of nitrogens with two attached hydrogens (primary N) is 1. The highest BCUT2D eigenvalue weighted by atomic mass is 79.9. The van der Waals surface area contributed by atoms with E-state index in [1.807, 2.05) is 24.3 Å². The first-order valence-electron chi connectivity index (χ1n) is 4.55. The van der Waals surface area contributed by atoms with Crippen LogP contribution in [0.2, 0.25) is 0 Å². The second-order valence-electron chi connectivity index (χ2n) is 3.15. The van der Waals surface area contributed by atoms with Crippen molar-refractivity contribution in [2.75, 3.05) is 13.1 Å². The first-order chi connectivity index (χ1) is 6.72. The van der Waals surface area contributed by atoms with Crippen LogP contribution in [0.15, 0.2) is 28.7 Å². The second-order valence-corrected chi connectivity index (χ2v) is 4.06. The van der Waals surface area contributed by atoms with Crippen LogP contribution in [0.1, 0.15) is 5.56 Å². The van der Waals surface area contributed by atoms with E-state index in [0.29, 0.717) is 13.1 Å². The molecule has 0 aliphatic heterocycles. The molecular formula is C10H15BrN2O. The Labute approximate surface area is 92.4 Å². The Kier molecular flexibility index (Phi) is 5.11. The quantitative estimate of drug-likeness (QED) is 0.735. The molecule has 1 rings (SSSR count). The summed E-state index contributed by atoms with van der Waals surface area (Å²) in [5.74, 6) is 0. The van der Waals surface area contributed by atoms with E-state index in [4.69, 9.17) is 5.73 Å². The summed E-state index contributed by atoms with van der Waals surface area (Å²) in [7, 11) is 0. The van der Waals surface area contributed by atoms with Gasteiger partial charge in [-0.25, -0.2) is 0 Å². The third-order valence-electron chi connectivity index (χ3n) is 1.89. The molecule has 0 fully saturated rings. The maximum absolute atomic E-state index is 9.19. The number of rotatable bonds is 5. The van der Waals surface area contributed by atoms with Gasteiger partial charge in [-0.3, -0.25) is 0 Å². The van der Waals surface area contributed by atoms with Gasteiger partial charge in [0.1, 0.15) is 0 Å². The van der Waals surface area contributed by atoms with Gasteiger partial charge in [-0.2, -0.15) is 0 Å². The third kappa shape index (κ3) is 4.19. The molecule has 78 valence electrons. The second kappa shape index (κ2) is 6.14. The first-order valence-corrected chi connectivity index (χ1v) is 5.35. The Hall–Kier alpha value is -0.420. The van der Waals surface area contributed by atoms with Crippen LogP contribution in [0, 0.1) is 0 Å². The van der Waals surface area contributed by atoms with Gasteiger partial charge in [-0.15, -0.1) is 0 Å². The SMILES string of the molecule is NCC(O)CNCc1ccc(Br)cc1. The predicted octanol–water partition coefficient (Wildman–Crippen LogP) is 0.858. The predicted molar refractivity (Wildman–Crippen MR) is 60.9 cm³/mol. The van der Waals surface area contributed by atoms with Gasteiger partial charge in [-0.05, 0) is 17.7 Å². The van der Waals surface area contributed by atoms with Crippen molar-refractivity contribution in [3.63, 3.8) is 0 Å². The van der Waals surface area contributed by atoms with E-state index in [-0.39, 0.29) is 0 Å². The van der Waals surface area contributed by atoms with Crippen molar-refractivity contribution in [2.45, 2.75) is 12.6 Å². The number of nitrogens with one attached hydrogen (secondary N) is 1. The summed E-state index contributed by atoms with van der Waals surface area (Å²) in [5, 5.41) is 12.3. The zero-order valence-electron chi connectivity index (χ0n) is 7.91. The number of halogens is 1. The third-order valence-corrected chi connectivity index (χ3v) is 2.42. The molecule has 0 aromatic heterocycles. The number of aliphatic hydroxyl groups is 1. The van der Waals surface area contributed by atoms with E-state index in [1.165, 1.54) is 5.56 Å². The van der Waals surface area contributed by atoms with Crippen LogP contribution in [0.3, 0.4) is 0 Å². The maximum atomic E-state index is 9.19. The summed E-state index contributed by atoms with van der Waals surface area (Å²) in [6.07, 6.45) is -0.453. The molecule has 1 aromatic carbocycles. The number of aliphatic hydroxyl groups excluding tert-OH is 1. The van der Waals surface area contributed by atoms with Crippen LogP contribution in [0.25, 0.3) is 0 Å². The van der Waals surface area contributed by atoms with Gasteiger partial charge in [0.15, 0.2) is 0 Å². The molecule has 0 aliphatic rings. The van der Waals surface area contributed by atoms with Crippen molar-refractivity contribution in [3.05, 3.63) is 34.3 Å². The Balaban J connectivity index is 2.28. The van der Waals surface area contributed by atoms with Crippen LogP contribution < -0.4 is 11.1 Å². The minimum absolute atomic E-state index is 0.299. The van der Waals surface area contributed by atoms with Gasteiger partial charge >= 0.3 is 0 Å². The highest BCUT2D eigenvalue weighted by molar-refractivity contribution is 9.10. The molecule has 1 atom stereocenters. The van der Waals surface area contributed by atoms with Crippen molar-refractivity contribution in [1.82, 2.24) is 5.32 Å². The van der Waals surface area contributed by atoms with Gasteiger partial charge in [0.2, 0.25) is 0 Å². The Morgan fingerprint density at radius 2 is 2.00 bits per heavy atom. The summed E-state index contributed by atoms with van der Waals surface area (Å²) in [4.78, 5) is 0. The van der Waals surface area contributed by atoms with Crippen LogP contribution in [0.4, 0.5) is 0 Å². The lowest BCUT2D eigenvalue weighted by atomic mass is 10.2. The molecule has 4 N–H and O–H groups in total. The van der Waals surface area contributed by atoms with Crippen molar-refractivity contribution >= 4 is 15.9 Å². The van der Waals surface area contributed by atoms with E-state index < -0.39 is 6.10 Å². The molecule has 0 radical (unpaired) electrons. The van der Waals surface area contributed by atoms with Gasteiger partial charge in [-0.1, -0.05) is 28.1 Å². The minimum Gasteiger partial charge on any atom is -0.390 e. The minimum atomic E-state index is -0.453. The summed E-state index contributed by atoms with van der Waals surface area (Å²) in [5.41, 5.74) is 6.47. The molecule has 3 nitrogen and oxygen atoms in total. The topological polar surface area (TPSA) is 58.3 Å². The van der Waals surface area contributed by atoms with Crippen molar-refractivity contribution in [2.24, 2.45) is 5.73 Å². The summed E-state index contributed by atoms with van der Waals surface area (Å²) >= 11 is 3.37. The molecule has 4 heteroatoms. The van der Waals surface area contributed by atoms with E-state index >= 15 is 0 Å². The molecule has 0 bridgehead atoms. The standard InChI is InChI=1S/C10H15BrN2O/c11-9-3-1-8(2-4-9)6-13-7-10(14)5-12/h1-4,10,13-14H,5-7,12H2. The highest BCUT2D eigenvalue weighted by Gasteiger charge is 1.99. The Bertz CT molecular complexity index is 263. The fourth-order valence-electron chi connectivity index (χ4n) is 1.07. The number of hydrogen-bond donors (Lipinski definition) is 3. The van der Waals surface area contributed by atoms with E-state index in [9.17, 15) is 5.11 Å². The van der Waals surface area contributed by atoms with Crippen LogP contribution in [-0.2, 0) is 6.54 Å². The van der Waals surface area contributed by atoms with Gasteiger partial charge < -0.3 is 16.2 Å². The zero-order valence-corrected chi connectivity index (χ0v) is 9.50. The Morgan fingerprint density at radius 1 is 1.36 bits per heavy atom. The molecule has 1 unspecified atom stereocenters. The highest BCUT2D eigenvalue weighted by Crippen LogP contribution is 2.09. The van der Waals surface area contributed by atoms with Crippen molar-refractivity contribution < 1.29 is 5.11 Å². The molecule has 0 aliphatic carbocycles. The number of benzene rings is 1. The molecule has 0 spiro atoms. The molecule has 0 saturated heterocycles. The zero-order chi connectivity index (χ0) is 10.4. The lowest BCUT2D eigenvalue weighted by molar-refractivity contribution is 0.179. The maximum Gasteiger partial charge on any atom is 0.0786 e. The lowest BCUT2D eigenvalue weighted by Gasteiger charge is -2.09. The van der Waals surface area contributed by atoms with Crippen LogP contribution >= 0.6 is 15.9 Å². The largest absolute Gasteiger partial charge is 0.390 e. The molecular weight excluding hydrogens is 244 g/mol. The summed E-state index contributed by atoms with van der Waals surface area (Å²) in [6.45, 7) is 1.59. The lowest BCUT2D eigenvalue weighted by Crippen LogP contribution is -2.32. The molecule has 0 amide bonds. The first kappa shape index (κ1) is 11.7. The smallest absolute Gasteiger partial charge is 0.0786 e. The van der Waals surface area contributed by atoms with Gasteiger partial charge in [0.05, 0.1) is 6.10 Å². The van der Waals surface area contributed by atoms with E-state index in [2.05, 4.69) is 21.2 Å². The normalized spacial score (nSPS) is 12.8. The van der Waals surface area contributed by atoms with Crippen LogP contribution in [-0.4, -0.2) is 24.3 Å². The number of hydrogen-bond acceptors (Lipinski definition) is 3.